The molecule has 1 aliphatic rings. The molecule has 0 amide bonds. The van der Waals surface area contributed by atoms with E-state index >= 15 is 0 Å². The summed E-state index contributed by atoms with van der Waals surface area (Å²) in [6, 6.07) is 0. The van der Waals surface area contributed by atoms with Gasteiger partial charge in [-0.1, -0.05) is 12.5 Å². The fourth-order valence-corrected chi connectivity index (χ4v) is 1.93. The average molecular weight is 312 g/mol. The van der Waals surface area contributed by atoms with Crippen LogP contribution in [-0.4, -0.2) is 11.1 Å². The predicted octanol–water partition coefficient (Wildman–Crippen LogP) is 3.51. The number of allylic oxidation sites excluding steroid dienone is 1. The molecule has 2 nitrogen and oxygen atoms in total. The van der Waals surface area contributed by atoms with E-state index in [1.807, 2.05) is 6.08 Å². The Morgan fingerprint density at radius 3 is 2.46 bits per heavy atom. The third kappa shape index (κ3) is 3.43. The molecule has 4 heteroatoms. The van der Waals surface area contributed by atoms with E-state index in [-0.39, 0.29) is 5.92 Å². The normalized spacial score (nSPS) is 18.9. The van der Waals surface area contributed by atoms with Gasteiger partial charge in [0.2, 0.25) is 0 Å². The van der Waals surface area contributed by atoms with Crippen molar-refractivity contribution < 1.29 is 9.90 Å². The Morgan fingerprint density at radius 2 is 2.15 bits per heavy atom. The number of rotatable bonds is 4. The van der Waals surface area contributed by atoms with Crippen LogP contribution in [0.25, 0.3) is 0 Å². The van der Waals surface area contributed by atoms with Gasteiger partial charge in [-0.3, -0.25) is 4.79 Å². The summed E-state index contributed by atoms with van der Waals surface area (Å²) < 4.78 is 0.838. The van der Waals surface area contributed by atoms with Crippen molar-refractivity contribution in [1.82, 2.24) is 0 Å². The molecule has 1 rings (SSSR count). The number of carbonyl (C=O) groups is 1. The highest BCUT2D eigenvalue weighted by atomic mass is 79.9. The minimum atomic E-state index is -0.665. The van der Waals surface area contributed by atoms with Crippen molar-refractivity contribution in [2.75, 3.05) is 0 Å². The first-order valence-corrected chi connectivity index (χ1v) is 5.94. The Bertz CT molecular complexity index is 218. The van der Waals surface area contributed by atoms with Crippen molar-refractivity contribution in [2.24, 2.45) is 11.8 Å². The third-order valence-corrected chi connectivity index (χ3v) is 3.21. The van der Waals surface area contributed by atoms with Gasteiger partial charge in [0.25, 0.3) is 0 Å². The van der Waals surface area contributed by atoms with Crippen LogP contribution in [0.3, 0.4) is 0 Å². The molecule has 0 aliphatic heterocycles. The van der Waals surface area contributed by atoms with Crippen molar-refractivity contribution in [3.63, 3.8) is 0 Å². The fraction of sp³-hybridized carbons (Fsp3) is 0.667. The quantitative estimate of drug-likeness (QED) is 0.862. The smallest absolute Gasteiger partial charge is 0.307 e. The van der Waals surface area contributed by atoms with Gasteiger partial charge in [0, 0.05) is 0 Å². The van der Waals surface area contributed by atoms with Gasteiger partial charge in [-0.15, -0.1) is 0 Å². The number of hydrogen-bond acceptors (Lipinski definition) is 1. The van der Waals surface area contributed by atoms with Crippen LogP contribution >= 0.6 is 31.9 Å². The molecule has 0 heterocycles. The standard InChI is InChI=1S/C9H12Br2O2/c10-8(11)5-4-7(9(12)13)6-2-1-3-6/h5-7H,1-4H2,(H,12,13). The number of carboxylic acids is 1. The Hall–Kier alpha value is 0.170. The molecule has 0 bridgehead atoms. The summed E-state index contributed by atoms with van der Waals surface area (Å²) in [6.07, 6.45) is 5.83. The first kappa shape index (κ1) is 11.2. The van der Waals surface area contributed by atoms with Crippen LogP contribution in [0.1, 0.15) is 25.7 Å². The molecule has 1 aliphatic carbocycles. The van der Waals surface area contributed by atoms with Crippen molar-refractivity contribution in [2.45, 2.75) is 25.7 Å². The summed E-state index contributed by atoms with van der Waals surface area (Å²) in [7, 11) is 0. The van der Waals surface area contributed by atoms with Crippen molar-refractivity contribution in [3.8, 4) is 0 Å². The average Bonchev–Trinajstić information content (AvgIpc) is 1.92. The highest BCUT2D eigenvalue weighted by Gasteiger charge is 2.31. The number of carboxylic acid groups (broad SMARTS) is 1. The van der Waals surface area contributed by atoms with Crippen LogP contribution in [0.4, 0.5) is 0 Å². The lowest BCUT2D eigenvalue weighted by molar-refractivity contribution is -0.144. The van der Waals surface area contributed by atoms with E-state index in [1.54, 1.807) is 0 Å². The Labute approximate surface area is 94.7 Å². The summed E-state index contributed by atoms with van der Waals surface area (Å²) >= 11 is 6.45. The van der Waals surface area contributed by atoms with Gasteiger partial charge < -0.3 is 5.11 Å². The molecule has 1 saturated carbocycles. The van der Waals surface area contributed by atoms with Gasteiger partial charge in [0.05, 0.1) is 9.31 Å². The second-order valence-electron chi connectivity index (χ2n) is 3.37. The van der Waals surface area contributed by atoms with E-state index in [2.05, 4.69) is 31.9 Å². The van der Waals surface area contributed by atoms with Crippen LogP contribution in [0, 0.1) is 11.8 Å². The minimum absolute atomic E-state index is 0.196. The molecular weight excluding hydrogens is 300 g/mol. The Kier molecular flexibility index (Phi) is 4.46. The van der Waals surface area contributed by atoms with Crippen LogP contribution in [0.5, 0.6) is 0 Å². The highest BCUT2D eigenvalue weighted by Crippen LogP contribution is 2.36. The SMILES string of the molecule is O=C(O)C(CC=C(Br)Br)C1CCC1. The number of hydrogen-bond donors (Lipinski definition) is 1. The molecule has 1 fully saturated rings. The summed E-state index contributed by atoms with van der Waals surface area (Å²) in [5.74, 6) is -0.464. The summed E-state index contributed by atoms with van der Waals surface area (Å²) in [6.45, 7) is 0. The van der Waals surface area contributed by atoms with E-state index in [1.165, 1.54) is 6.42 Å². The minimum Gasteiger partial charge on any atom is -0.481 e. The maximum atomic E-state index is 10.9. The molecule has 1 atom stereocenters. The topological polar surface area (TPSA) is 37.3 Å². The maximum Gasteiger partial charge on any atom is 0.307 e. The van der Waals surface area contributed by atoms with Crippen molar-refractivity contribution in [1.29, 1.82) is 0 Å². The molecule has 0 aromatic carbocycles. The fourth-order valence-electron chi connectivity index (χ4n) is 1.55. The molecule has 0 radical (unpaired) electrons. The van der Waals surface area contributed by atoms with E-state index in [0.29, 0.717) is 12.3 Å². The number of halogens is 2. The van der Waals surface area contributed by atoms with E-state index in [4.69, 9.17) is 5.11 Å². The molecule has 0 aromatic heterocycles. The predicted molar refractivity (Wildman–Crippen MR) is 59.0 cm³/mol. The zero-order valence-electron chi connectivity index (χ0n) is 7.17. The zero-order valence-corrected chi connectivity index (χ0v) is 10.3. The van der Waals surface area contributed by atoms with Crippen LogP contribution in [0.2, 0.25) is 0 Å². The molecule has 1 unspecified atom stereocenters. The van der Waals surface area contributed by atoms with Gasteiger partial charge in [0.1, 0.15) is 0 Å². The molecule has 0 saturated heterocycles. The highest BCUT2D eigenvalue weighted by molar-refractivity contribution is 9.28. The second kappa shape index (κ2) is 5.15. The monoisotopic (exact) mass is 310 g/mol. The molecule has 0 aromatic rings. The third-order valence-electron chi connectivity index (χ3n) is 2.56. The first-order chi connectivity index (χ1) is 6.11. The van der Waals surface area contributed by atoms with Crippen molar-refractivity contribution >= 4 is 37.8 Å². The number of aliphatic carboxylic acids is 1. The van der Waals surface area contributed by atoms with Crippen molar-refractivity contribution in [3.05, 3.63) is 9.47 Å². The van der Waals surface area contributed by atoms with Gasteiger partial charge in [-0.25, -0.2) is 0 Å². The Morgan fingerprint density at radius 1 is 1.54 bits per heavy atom. The van der Waals surface area contributed by atoms with Gasteiger partial charge in [0.15, 0.2) is 0 Å². The maximum absolute atomic E-state index is 10.9. The van der Waals surface area contributed by atoms with Gasteiger partial charge >= 0.3 is 5.97 Å². The lowest BCUT2D eigenvalue weighted by Crippen LogP contribution is -2.28. The lowest BCUT2D eigenvalue weighted by atomic mass is 9.74. The van der Waals surface area contributed by atoms with Gasteiger partial charge in [-0.05, 0) is 57.0 Å². The zero-order chi connectivity index (χ0) is 9.84. The second-order valence-corrected chi connectivity index (χ2v) is 6.14. The van der Waals surface area contributed by atoms with Crippen LogP contribution in [-0.2, 0) is 4.79 Å². The van der Waals surface area contributed by atoms with E-state index in [0.717, 1.165) is 16.2 Å². The summed E-state index contributed by atoms with van der Waals surface area (Å²) in [5, 5.41) is 8.96. The Balaban J connectivity index is 2.47. The molecular formula is C9H12Br2O2. The molecule has 1 N–H and O–H groups in total. The first-order valence-electron chi connectivity index (χ1n) is 4.35. The lowest BCUT2D eigenvalue weighted by Gasteiger charge is -2.30. The molecule has 74 valence electrons. The van der Waals surface area contributed by atoms with E-state index in [9.17, 15) is 4.79 Å². The molecule has 13 heavy (non-hydrogen) atoms. The summed E-state index contributed by atoms with van der Waals surface area (Å²) in [4.78, 5) is 10.9. The van der Waals surface area contributed by atoms with E-state index < -0.39 is 5.97 Å². The largest absolute Gasteiger partial charge is 0.481 e. The summed E-state index contributed by atoms with van der Waals surface area (Å²) in [5.41, 5.74) is 0. The van der Waals surface area contributed by atoms with Crippen LogP contribution < -0.4 is 0 Å². The molecule has 0 spiro atoms. The van der Waals surface area contributed by atoms with Crippen LogP contribution in [0.15, 0.2) is 9.47 Å². The van der Waals surface area contributed by atoms with Gasteiger partial charge in [-0.2, -0.15) is 0 Å².